The topological polar surface area (TPSA) is 311 Å². The number of unbranched alkanes of at least 4 members (excludes halogenated alkanes) is 2. The van der Waals surface area contributed by atoms with Gasteiger partial charge in [0, 0.05) is 12.5 Å². The van der Waals surface area contributed by atoms with E-state index >= 15 is 0 Å². The van der Waals surface area contributed by atoms with Gasteiger partial charge in [0.25, 0.3) is 0 Å². The number of carbonyl (C=O) groups is 4. The number of esters is 4. The van der Waals surface area contributed by atoms with Crippen LogP contribution in [0.1, 0.15) is 146 Å². The summed E-state index contributed by atoms with van der Waals surface area (Å²) in [5, 5.41) is 80.6. The predicted octanol–water partition coefficient (Wildman–Crippen LogP) is 2.56. The highest BCUT2D eigenvalue weighted by Gasteiger charge is 2.60. The lowest BCUT2D eigenvalue weighted by atomic mass is 9.80. The largest absolute Gasteiger partial charge is 0.463 e. The van der Waals surface area contributed by atoms with Crippen LogP contribution >= 0.6 is 0 Å². The number of aliphatic hydroxyl groups excluding tert-OH is 7. The van der Waals surface area contributed by atoms with Crippen molar-refractivity contribution in [2.45, 2.75) is 275 Å². The minimum absolute atomic E-state index is 0.0593. The molecule has 5 aliphatic rings. The summed E-state index contributed by atoms with van der Waals surface area (Å²) >= 11 is 0. The summed E-state index contributed by atoms with van der Waals surface area (Å²) in [6.07, 6.45) is -19.3. The molecule has 0 aliphatic carbocycles. The Morgan fingerprint density at radius 3 is 1.96 bits per heavy atom. The van der Waals surface area contributed by atoms with Gasteiger partial charge in [-0.15, -0.1) is 0 Å². The highest BCUT2D eigenvalue weighted by atomic mass is 16.8. The summed E-state index contributed by atoms with van der Waals surface area (Å²) < 4.78 is 68.4. The zero-order valence-corrected chi connectivity index (χ0v) is 45.2. The molecule has 22 heteroatoms. The fraction of sp³-hybridized carbons (Fsp3) is 0.887. The van der Waals surface area contributed by atoms with Crippen molar-refractivity contribution in [1.29, 1.82) is 0 Å². The molecule has 0 spiro atoms. The van der Waals surface area contributed by atoms with Crippen molar-refractivity contribution in [3.05, 3.63) is 12.2 Å². The molecule has 0 saturated carbocycles. The highest BCUT2D eigenvalue weighted by Crippen LogP contribution is 2.41. The van der Waals surface area contributed by atoms with Crippen molar-refractivity contribution in [2.24, 2.45) is 17.8 Å². The molecule has 75 heavy (non-hydrogen) atoms. The normalized spacial score (nSPS) is 40.7. The van der Waals surface area contributed by atoms with Crippen LogP contribution in [0.3, 0.4) is 0 Å². The van der Waals surface area contributed by atoms with Gasteiger partial charge in [0.2, 0.25) is 0 Å². The van der Waals surface area contributed by atoms with E-state index in [1.165, 1.54) is 33.8 Å². The van der Waals surface area contributed by atoms with E-state index in [0.29, 0.717) is 25.7 Å². The molecular formula is C53H88O22. The Labute approximate surface area is 440 Å². The molecule has 0 radical (unpaired) electrons. The summed E-state index contributed by atoms with van der Waals surface area (Å²) in [5.74, 6) is -6.33. The maximum absolute atomic E-state index is 14.0. The predicted molar refractivity (Wildman–Crippen MR) is 263 cm³/mol. The van der Waals surface area contributed by atoms with Gasteiger partial charge in [-0.2, -0.15) is 0 Å². The van der Waals surface area contributed by atoms with Crippen molar-refractivity contribution in [2.75, 3.05) is 6.61 Å². The van der Waals surface area contributed by atoms with E-state index in [-0.39, 0.29) is 12.5 Å². The SMILES string of the molecule is C/C=C/C(=O)O[C@H]1[C@H](O)[C@@H](O)[C@H](O[C@@H]2[C@H]3OC(=O)CCCCCCCCCC(CCCCC)O[C@@H]4O[C@H](C)[C@@H](O)[C@H](O)[C@H]4[C@@H]4O[C@H](COC(=O)[C@@H](C)[C@H](C)O)[C@@H](O)[C@H](O)[C@H]4O[C@H](O[C@H]2C)[C@@H]3OC(=O)C(C)C)O[C@@H]1C. The first-order valence-corrected chi connectivity index (χ1v) is 27.3. The van der Waals surface area contributed by atoms with Crippen LogP contribution in [0, 0.1) is 17.8 Å². The first-order chi connectivity index (χ1) is 35.6. The van der Waals surface area contributed by atoms with Gasteiger partial charge in [-0.1, -0.05) is 84.6 Å². The van der Waals surface area contributed by atoms with Gasteiger partial charge in [-0.05, 0) is 60.8 Å². The summed E-state index contributed by atoms with van der Waals surface area (Å²) in [4.78, 5) is 53.2. The summed E-state index contributed by atoms with van der Waals surface area (Å²) in [6.45, 7) is 13.6. The Morgan fingerprint density at radius 1 is 0.653 bits per heavy atom. The fourth-order valence-corrected chi connectivity index (χ4v) is 10.1. The third-order valence-corrected chi connectivity index (χ3v) is 15.0. The average Bonchev–Trinajstić information content (AvgIpc) is 3.35. The van der Waals surface area contributed by atoms with E-state index in [1.807, 2.05) is 0 Å². The van der Waals surface area contributed by atoms with E-state index < -0.39 is 171 Å². The summed E-state index contributed by atoms with van der Waals surface area (Å²) in [7, 11) is 0. The maximum atomic E-state index is 14.0. The van der Waals surface area contributed by atoms with Gasteiger partial charge in [0.05, 0.1) is 60.5 Å². The number of aliphatic hydroxyl groups is 7. The van der Waals surface area contributed by atoms with Crippen molar-refractivity contribution >= 4 is 23.9 Å². The number of fused-ring (bicyclic) bond motifs is 5. The molecule has 5 rings (SSSR count). The first-order valence-electron chi connectivity index (χ1n) is 27.3. The molecule has 22 nitrogen and oxygen atoms in total. The van der Waals surface area contributed by atoms with Gasteiger partial charge in [-0.25, -0.2) is 4.79 Å². The Hall–Kier alpha value is -2.94. The molecule has 7 N–H and O–H groups in total. The first kappa shape index (κ1) is 62.9. The van der Waals surface area contributed by atoms with Crippen LogP contribution in [0.4, 0.5) is 0 Å². The van der Waals surface area contributed by atoms with E-state index in [1.54, 1.807) is 27.7 Å². The lowest BCUT2D eigenvalue weighted by molar-refractivity contribution is -0.378. The molecule has 0 amide bonds. The average molecular weight is 1080 g/mol. The monoisotopic (exact) mass is 1080 g/mol. The van der Waals surface area contributed by atoms with Gasteiger partial charge in [0.1, 0.15) is 55.4 Å². The van der Waals surface area contributed by atoms with E-state index in [0.717, 1.165) is 57.4 Å². The molecule has 432 valence electrons. The van der Waals surface area contributed by atoms with Gasteiger partial charge in [0.15, 0.2) is 37.2 Å². The molecule has 0 aromatic heterocycles. The number of rotatable bonds is 14. The standard InChI is InChI=1S/C53H88O22/c1-10-12-18-22-32-23-19-16-14-13-15-17-20-24-35(56)72-47-44(74-52-42(62)41(61)43(30(8)67-52)71-34(55)21-11-2)31(9)68-53(48(47)73-49(63)26(3)4)75-46-40(60)38(58)33(25-65-50(64)27(5)28(6)54)70-45(46)36-39(59)37(57)29(7)66-51(36)69-32/h11,21,26-33,36-48,51-54,57-62H,10,12-20,22-25H2,1-9H3/b21-11+/t27-,28-,29+,30+,31-,32?,33+,36-,37+,38+,39+,40-,41+,42+,43+,44-,45-,46+,47+,48+,51-,52-,53-/m0/s1. The van der Waals surface area contributed by atoms with E-state index in [4.69, 9.17) is 52.1 Å². The van der Waals surface area contributed by atoms with Gasteiger partial charge < -0.3 is 87.9 Å². The van der Waals surface area contributed by atoms with Crippen LogP contribution in [0.2, 0.25) is 0 Å². The molecular weight excluding hydrogens is 989 g/mol. The second kappa shape index (κ2) is 29.9. The third-order valence-electron chi connectivity index (χ3n) is 15.0. The van der Waals surface area contributed by atoms with Crippen LogP contribution in [0.5, 0.6) is 0 Å². The number of ether oxygens (including phenoxy) is 11. The van der Waals surface area contributed by atoms with E-state index in [9.17, 15) is 54.9 Å². The molecule has 5 fully saturated rings. The lowest BCUT2D eigenvalue weighted by Crippen LogP contribution is -2.69. The summed E-state index contributed by atoms with van der Waals surface area (Å²) in [5.41, 5.74) is 0. The number of allylic oxidation sites excluding steroid dienone is 1. The Balaban J connectivity index is 1.61. The molecule has 5 saturated heterocycles. The molecule has 5 aliphatic heterocycles. The quantitative estimate of drug-likeness (QED) is 0.0569. The second-order valence-corrected chi connectivity index (χ2v) is 21.3. The third kappa shape index (κ3) is 16.8. The molecule has 2 bridgehead atoms. The molecule has 0 aromatic carbocycles. The Kier molecular flexibility index (Phi) is 25.0. The Morgan fingerprint density at radius 2 is 1.31 bits per heavy atom. The van der Waals surface area contributed by atoms with Crippen LogP contribution < -0.4 is 0 Å². The zero-order valence-electron chi connectivity index (χ0n) is 45.2. The minimum atomic E-state index is -1.98. The molecule has 5 heterocycles. The van der Waals surface area contributed by atoms with Crippen molar-refractivity contribution in [3.63, 3.8) is 0 Å². The van der Waals surface area contributed by atoms with E-state index in [2.05, 4.69) is 6.92 Å². The summed E-state index contributed by atoms with van der Waals surface area (Å²) in [6, 6.07) is 0. The zero-order chi connectivity index (χ0) is 55.3. The maximum Gasteiger partial charge on any atom is 0.330 e. The second-order valence-electron chi connectivity index (χ2n) is 21.3. The van der Waals surface area contributed by atoms with Gasteiger partial charge >= 0.3 is 23.9 Å². The fourth-order valence-electron chi connectivity index (χ4n) is 10.1. The van der Waals surface area contributed by atoms with Crippen LogP contribution in [0.25, 0.3) is 0 Å². The molecule has 0 aromatic rings. The number of hydrogen-bond donors (Lipinski definition) is 7. The van der Waals surface area contributed by atoms with Crippen LogP contribution in [-0.2, 0) is 71.3 Å². The van der Waals surface area contributed by atoms with Crippen LogP contribution in [0.15, 0.2) is 12.2 Å². The highest BCUT2D eigenvalue weighted by molar-refractivity contribution is 5.82. The Bertz CT molecular complexity index is 1800. The van der Waals surface area contributed by atoms with Crippen molar-refractivity contribution in [3.8, 4) is 0 Å². The van der Waals surface area contributed by atoms with Crippen molar-refractivity contribution < 1.29 is 107 Å². The lowest BCUT2D eigenvalue weighted by Gasteiger charge is -2.52. The number of carbonyl (C=O) groups excluding carboxylic acids is 4. The number of hydrogen-bond acceptors (Lipinski definition) is 22. The minimum Gasteiger partial charge on any atom is -0.463 e. The smallest absolute Gasteiger partial charge is 0.330 e. The van der Waals surface area contributed by atoms with Gasteiger partial charge in [-0.3, -0.25) is 14.4 Å². The van der Waals surface area contributed by atoms with Crippen molar-refractivity contribution in [1.82, 2.24) is 0 Å². The molecule has 23 atom stereocenters. The molecule has 1 unspecified atom stereocenters. The van der Waals surface area contributed by atoms with Crippen LogP contribution in [-0.4, -0.2) is 195 Å².